The number of hydrogen-bond acceptors (Lipinski definition) is 4. The van der Waals surface area contributed by atoms with Crippen molar-refractivity contribution >= 4 is 23.0 Å². The molecular formula is C28H29ClF3N3O. The minimum atomic E-state index is -0.723. The van der Waals surface area contributed by atoms with E-state index in [9.17, 15) is 9.50 Å². The Hall–Kier alpha value is -2.90. The van der Waals surface area contributed by atoms with E-state index in [-0.39, 0.29) is 30.1 Å². The van der Waals surface area contributed by atoms with Crippen molar-refractivity contribution in [2.75, 3.05) is 36.5 Å². The number of rotatable bonds is 7. The zero-order valence-electron chi connectivity index (χ0n) is 20.0. The van der Waals surface area contributed by atoms with Crippen molar-refractivity contribution in [1.29, 1.82) is 0 Å². The summed E-state index contributed by atoms with van der Waals surface area (Å²) in [6.07, 6.45) is 1.11. The molecule has 0 unspecified atom stereocenters. The number of anilines is 2. The summed E-state index contributed by atoms with van der Waals surface area (Å²) in [5.41, 5.74) is 2.77. The molecule has 0 aromatic heterocycles. The highest BCUT2D eigenvalue weighted by molar-refractivity contribution is 6.30. The summed E-state index contributed by atoms with van der Waals surface area (Å²) in [7, 11) is 0. The number of phenols is 1. The van der Waals surface area contributed by atoms with Crippen molar-refractivity contribution in [1.82, 2.24) is 4.90 Å². The van der Waals surface area contributed by atoms with E-state index < -0.39 is 17.7 Å². The third-order valence-electron chi connectivity index (χ3n) is 7.10. The van der Waals surface area contributed by atoms with Gasteiger partial charge in [0.2, 0.25) is 0 Å². The van der Waals surface area contributed by atoms with E-state index in [0.717, 1.165) is 16.8 Å². The van der Waals surface area contributed by atoms with Crippen LogP contribution in [0.3, 0.4) is 0 Å². The van der Waals surface area contributed by atoms with Gasteiger partial charge in [-0.3, -0.25) is 9.29 Å². The topological polar surface area (TPSA) is 38.7 Å². The standard InChI is InChI=1S/C28H29ClF3N3O/c1-17-11-18-12-23(36)7-8-24(18)28(35(17)22-5-3-19(29)4-6-22)27-25(31)13-20(14-26(27)32)33-21-15-34(16-21)10-2-9-30/h3-8,12-14,17,21,28,33,36H,2,9-11,15-16H2,1H3/t17-,28+/m1/s1. The number of hydrogen-bond donors (Lipinski definition) is 2. The van der Waals surface area contributed by atoms with E-state index in [2.05, 4.69) is 10.2 Å². The van der Waals surface area contributed by atoms with E-state index in [4.69, 9.17) is 11.6 Å². The van der Waals surface area contributed by atoms with Crippen molar-refractivity contribution in [2.24, 2.45) is 0 Å². The minimum Gasteiger partial charge on any atom is -0.508 e. The first-order valence-electron chi connectivity index (χ1n) is 12.2. The molecule has 2 aliphatic rings. The number of nitrogens with one attached hydrogen (secondary N) is 1. The van der Waals surface area contributed by atoms with Gasteiger partial charge in [-0.25, -0.2) is 8.78 Å². The molecule has 3 aromatic carbocycles. The second kappa shape index (κ2) is 10.2. The van der Waals surface area contributed by atoms with Gasteiger partial charge in [0.05, 0.1) is 24.3 Å². The summed E-state index contributed by atoms with van der Waals surface area (Å²) in [6.45, 7) is 3.78. The second-order valence-electron chi connectivity index (χ2n) is 9.72. The maximum absolute atomic E-state index is 15.7. The van der Waals surface area contributed by atoms with E-state index in [0.29, 0.717) is 43.2 Å². The SMILES string of the molecule is C[C@@H]1Cc2cc(O)ccc2[C@@H](c2c(F)cc(NC3CN(CCCF)C3)cc2F)N1c1ccc(Cl)cc1. The lowest BCUT2D eigenvalue weighted by molar-refractivity contribution is 0.155. The molecule has 190 valence electrons. The average Bonchev–Trinajstić information content (AvgIpc) is 2.80. The number of benzene rings is 3. The summed E-state index contributed by atoms with van der Waals surface area (Å²) >= 11 is 6.11. The van der Waals surface area contributed by atoms with Gasteiger partial charge in [-0.2, -0.15) is 0 Å². The number of fused-ring (bicyclic) bond motifs is 1. The Bertz CT molecular complexity index is 1210. The molecule has 2 aliphatic heterocycles. The summed E-state index contributed by atoms with van der Waals surface area (Å²) in [4.78, 5) is 4.12. The fourth-order valence-corrected chi connectivity index (χ4v) is 5.59. The number of halogens is 4. The fraction of sp³-hybridized carbons (Fsp3) is 0.357. The highest BCUT2D eigenvalue weighted by Crippen LogP contribution is 2.44. The van der Waals surface area contributed by atoms with Crippen molar-refractivity contribution in [3.63, 3.8) is 0 Å². The summed E-state index contributed by atoms with van der Waals surface area (Å²) in [5.74, 6) is -1.15. The maximum Gasteiger partial charge on any atom is 0.133 e. The monoisotopic (exact) mass is 515 g/mol. The predicted octanol–water partition coefficient (Wildman–Crippen LogP) is 6.32. The molecule has 0 saturated carbocycles. The predicted molar refractivity (Wildman–Crippen MR) is 138 cm³/mol. The molecule has 0 aliphatic carbocycles. The Labute approximate surface area is 214 Å². The molecule has 1 fully saturated rings. The van der Waals surface area contributed by atoms with E-state index in [1.54, 1.807) is 30.3 Å². The van der Waals surface area contributed by atoms with Gasteiger partial charge in [-0.15, -0.1) is 0 Å². The lowest BCUT2D eigenvalue weighted by Gasteiger charge is -2.44. The third-order valence-corrected chi connectivity index (χ3v) is 7.35. The van der Waals surface area contributed by atoms with E-state index >= 15 is 8.78 Å². The Morgan fingerprint density at radius 1 is 1.03 bits per heavy atom. The van der Waals surface area contributed by atoms with Crippen molar-refractivity contribution < 1.29 is 18.3 Å². The Morgan fingerprint density at radius 2 is 1.72 bits per heavy atom. The number of aromatic hydroxyl groups is 1. The van der Waals surface area contributed by atoms with E-state index in [1.165, 1.54) is 12.1 Å². The molecule has 2 N–H and O–H groups in total. The quantitative estimate of drug-likeness (QED) is 0.386. The zero-order valence-corrected chi connectivity index (χ0v) is 20.8. The van der Waals surface area contributed by atoms with Crippen LogP contribution in [0.5, 0.6) is 5.75 Å². The van der Waals surface area contributed by atoms with Crippen molar-refractivity contribution in [2.45, 2.75) is 37.9 Å². The molecule has 1 saturated heterocycles. The van der Waals surface area contributed by atoms with Gasteiger partial charge >= 0.3 is 0 Å². The van der Waals surface area contributed by atoms with Crippen LogP contribution >= 0.6 is 11.6 Å². The average molecular weight is 516 g/mol. The van der Waals surface area contributed by atoms with Crippen LogP contribution in [0.2, 0.25) is 5.02 Å². The first-order valence-corrected chi connectivity index (χ1v) is 12.6. The molecule has 36 heavy (non-hydrogen) atoms. The maximum atomic E-state index is 15.7. The largest absolute Gasteiger partial charge is 0.508 e. The lowest BCUT2D eigenvalue weighted by Crippen LogP contribution is -2.54. The molecule has 4 nitrogen and oxygen atoms in total. The molecule has 3 aromatic rings. The van der Waals surface area contributed by atoms with Crippen LogP contribution < -0.4 is 10.2 Å². The first kappa shape index (κ1) is 24.8. The molecule has 0 amide bonds. The Balaban J connectivity index is 1.49. The number of alkyl halides is 1. The molecule has 2 atom stereocenters. The Kier molecular flexibility index (Phi) is 7.04. The van der Waals surface area contributed by atoms with Gasteiger partial charge in [0.15, 0.2) is 0 Å². The van der Waals surface area contributed by atoms with Crippen LogP contribution in [0.4, 0.5) is 24.5 Å². The van der Waals surface area contributed by atoms with Gasteiger partial charge in [0, 0.05) is 42.1 Å². The molecule has 8 heteroatoms. The van der Waals surface area contributed by atoms with Gasteiger partial charge in [-0.1, -0.05) is 17.7 Å². The van der Waals surface area contributed by atoms with Crippen molar-refractivity contribution in [3.8, 4) is 5.75 Å². The first-order chi connectivity index (χ1) is 17.3. The van der Waals surface area contributed by atoms with Crippen LogP contribution in [0, 0.1) is 11.6 Å². The fourth-order valence-electron chi connectivity index (χ4n) is 5.46. The van der Waals surface area contributed by atoms with Gasteiger partial charge < -0.3 is 15.3 Å². The van der Waals surface area contributed by atoms with Gasteiger partial charge in [0.1, 0.15) is 17.4 Å². The molecule has 0 spiro atoms. The van der Waals surface area contributed by atoms with Gasteiger partial charge in [0.25, 0.3) is 0 Å². The Morgan fingerprint density at radius 3 is 2.39 bits per heavy atom. The normalized spacial score (nSPS) is 20.2. The van der Waals surface area contributed by atoms with Crippen LogP contribution in [0.1, 0.15) is 36.1 Å². The number of nitrogens with zero attached hydrogens (tertiary/aromatic N) is 2. The lowest BCUT2D eigenvalue weighted by atomic mass is 9.84. The molecule has 0 radical (unpaired) electrons. The molecule has 2 heterocycles. The van der Waals surface area contributed by atoms with E-state index in [1.807, 2.05) is 24.0 Å². The van der Waals surface area contributed by atoms with Gasteiger partial charge in [-0.05, 0) is 79.4 Å². The highest BCUT2D eigenvalue weighted by atomic mass is 35.5. The number of phenolic OH excluding ortho intramolecular Hbond substituents is 1. The smallest absolute Gasteiger partial charge is 0.133 e. The highest BCUT2D eigenvalue weighted by Gasteiger charge is 2.37. The second-order valence-corrected chi connectivity index (χ2v) is 10.2. The molecule has 0 bridgehead atoms. The van der Waals surface area contributed by atoms with Crippen LogP contribution in [0.25, 0.3) is 0 Å². The van der Waals surface area contributed by atoms with Crippen molar-refractivity contribution in [3.05, 3.63) is 87.9 Å². The molecular weight excluding hydrogens is 487 g/mol. The molecule has 5 rings (SSSR count). The van der Waals surface area contributed by atoms with Crippen LogP contribution in [0.15, 0.2) is 54.6 Å². The minimum absolute atomic E-state index is 0.0350. The number of likely N-dealkylation sites (tertiary alicyclic amines) is 1. The summed E-state index contributed by atoms with van der Waals surface area (Å²) in [6, 6.07) is 14.2. The van der Waals surface area contributed by atoms with Crippen LogP contribution in [-0.2, 0) is 6.42 Å². The summed E-state index contributed by atoms with van der Waals surface area (Å²) < 4.78 is 43.9. The zero-order chi connectivity index (χ0) is 25.4. The van der Waals surface area contributed by atoms with Crippen LogP contribution in [-0.4, -0.2) is 48.4 Å². The summed E-state index contributed by atoms with van der Waals surface area (Å²) in [5, 5.41) is 13.8. The third kappa shape index (κ3) is 4.87.